The molecule has 4 heteroatoms. The molecule has 0 saturated carbocycles. The largest absolute Gasteiger partial charge is 0.373 e. The first-order chi connectivity index (χ1) is 14.1. The minimum atomic E-state index is -0.912. The van der Waals surface area contributed by atoms with E-state index in [4.69, 9.17) is 4.74 Å². The Balaban J connectivity index is 1.60. The normalized spacial score (nSPS) is 20.2. The van der Waals surface area contributed by atoms with E-state index in [-0.39, 0.29) is 17.2 Å². The van der Waals surface area contributed by atoms with Crippen molar-refractivity contribution in [1.82, 2.24) is 0 Å². The van der Waals surface area contributed by atoms with Crippen LogP contribution in [0.25, 0.3) is 22.3 Å². The van der Waals surface area contributed by atoms with Gasteiger partial charge in [-0.15, -0.1) is 0 Å². The molecular formula is C25H29F3O. The highest BCUT2D eigenvalue weighted by Gasteiger charge is 2.35. The first-order valence-electron chi connectivity index (χ1n) is 11.0. The van der Waals surface area contributed by atoms with Crippen LogP contribution in [0, 0.1) is 23.4 Å². The summed E-state index contributed by atoms with van der Waals surface area (Å²) in [6.45, 7) is 4.87. The van der Waals surface area contributed by atoms with Crippen LogP contribution in [0.5, 0.6) is 0 Å². The van der Waals surface area contributed by atoms with E-state index >= 15 is 4.39 Å². The van der Waals surface area contributed by atoms with E-state index < -0.39 is 17.5 Å². The maximum Gasteiger partial charge on any atom is 0.167 e. The van der Waals surface area contributed by atoms with Crippen LogP contribution in [0.15, 0.2) is 18.2 Å². The van der Waals surface area contributed by atoms with Gasteiger partial charge >= 0.3 is 0 Å². The second-order valence-corrected chi connectivity index (χ2v) is 8.49. The molecule has 2 aromatic rings. The van der Waals surface area contributed by atoms with E-state index in [1.807, 2.05) is 6.07 Å². The molecule has 2 atom stereocenters. The molecule has 2 unspecified atom stereocenters. The van der Waals surface area contributed by atoms with Crippen molar-refractivity contribution in [2.45, 2.75) is 71.3 Å². The molecule has 2 aliphatic rings. The van der Waals surface area contributed by atoms with Crippen molar-refractivity contribution >= 4 is 0 Å². The molecule has 1 fully saturated rings. The topological polar surface area (TPSA) is 9.23 Å². The molecule has 1 saturated heterocycles. The number of rotatable bonds is 7. The molecule has 1 aliphatic carbocycles. The highest BCUT2D eigenvalue weighted by Crippen LogP contribution is 2.52. The smallest absolute Gasteiger partial charge is 0.167 e. The molecule has 0 aromatic heterocycles. The number of halogens is 3. The molecule has 1 heterocycles. The Kier molecular flexibility index (Phi) is 6.00. The summed E-state index contributed by atoms with van der Waals surface area (Å²) >= 11 is 0. The van der Waals surface area contributed by atoms with Gasteiger partial charge in [-0.05, 0) is 60.8 Å². The second-order valence-electron chi connectivity index (χ2n) is 8.49. The van der Waals surface area contributed by atoms with Crippen molar-refractivity contribution in [2.75, 3.05) is 6.61 Å². The quantitative estimate of drug-likeness (QED) is 0.367. The lowest BCUT2D eigenvalue weighted by atomic mass is 9.76. The van der Waals surface area contributed by atoms with Crippen LogP contribution in [0.1, 0.15) is 76.0 Å². The number of benzene rings is 2. The minimum absolute atomic E-state index is 0.0933. The minimum Gasteiger partial charge on any atom is -0.373 e. The third-order valence-corrected chi connectivity index (χ3v) is 6.46. The summed E-state index contributed by atoms with van der Waals surface area (Å²) in [6.07, 6.45) is 7.04. The van der Waals surface area contributed by atoms with Gasteiger partial charge < -0.3 is 4.74 Å². The van der Waals surface area contributed by atoms with Gasteiger partial charge in [0.05, 0.1) is 12.7 Å². The molecule has 156 valence electrons. The second kappa shape index (κ2) is 8.51. The zero-order valence-corrected chi connectivity index (χ0v) is 17.3. The summed E-state index contributed by atoms with van der Waals surface area (Å²) in [4.78, 5) is 0. The molecule has 0 amide bonds. The fourth-order valence-electron chi connectivity index (χ4n) is 4.82. The maximum absolute atomic E-state index is 15.3. The average molecular weight is 403 g/mol. The van der Waals surface area contributed by atoms with Gasteiger partial charge in [0.25, 0.3) is 0 Å². The van der Waals surface area contributed by atoms with Crippen LogP contribution in [0.4, 0.5) is 13.2 Å². The van der Waals surface area contributed by atoms with Crippen molar-refractivity contribution in [1.29, 1.82) is 0 Å². The Morgan fingerprint density at radius 2 is 1.69 bits per heavy atom. The molecule has 4 rings (SSSR count). The van der Waals surface area contributed by atoms with E-state index in [1.54, 1.807) is 12.1 Å². The van der Waals surface area contributed by atoms with Gasteiger partial charge in [-0.3, -0.25) is 0 Å². The number of hydrogen-bond acceptors (Lipinski definition) is 1. The van der Waals surface area contributed by atoms with Gasteiger partial charge in [0.2, 0.25) is 0 Å². The molecule has 1 nitrogen and oxygen atoms in total. The monoisotopic (exact) mass is 402 g/mol. The molecule has 29 heavy (non-hydrogen) atoms. The first-order valence-corrected chi connectivity index (χ1v) is 11.0. The summed E-state index contributed by atoms with van der Waals surface area (Å²) in [7, 11) is 0. The number of unbranched alkanes of at least 4 members (excludes halogenated alkanes) is 2. The molecule has 2 aromatic carbocycles. The van der Waals surface area contributed by atoms with Crippen molar-refractivity contribution in [3.05, 3.63) is 46.8 Å². The fourth-order valence-corrected chi connectivity index (χ4v) is 4.82. The Morgan fingerprint density at radius 3 is 2.38 bits per heavy atom. The fraction of sp³-hybridized carbons (Fsp3) is 0.520. The Hall–Kier alpha value is -1.81. The molecule has 0 radical (unpaired) electrons. The Labute approximate surface area is 171 Å². The van der Waals surface area contributed by atoms with Gasteiger partial charge in [-0.2, -0.15) is 0 Å². The summed E-state index contributed by atoms with van der Waals surface area (Å²) in [5.41, 5.74) is 2.47. The van der Waals surface area contributed by atoms with E-state index in [9.17, 15) is 8.78 Å². The van der Waals surface area contributed by atoms with Crippen LogP contribution in [-0.2, 0) is 11.2 Å². The van der Waals surface area contributed by atoms with Crippen molar-refractivity contribution in [3.63, 3.8) is 0 Å². The van der Waals surface area contributed by atoms with Crippen LogP contribution in [0.2, 0.25) is 0 Å². The van der Waals surface area contributed by atoms with Gasteiger partial charge in [0.15, 0.2) is 11.6 Å². The third-order valence-electron chi connectivity index (χ3n) is 6.46. The van der Waals surface area contributed by atoms with E-state index in [1.165, 1.54) is 0 Å². The summed E-state index contributed by atoms with van der Waals surface area (Å²) in [5, 5.41) is 0. The summed E-state index contributed by atoms with van der Waals surface area (Å²) < 4.78 is 50.6. The lowest BCUT2D eigenvalue weighted by Crippen LogP contribution is -2.22. The van der Waals surface area contributed by atoms with Crippen LogP contribution in [0.3, 0.4) is 0 Å². The predicted octanol–water partition coefficient (Wildman–Crippen LogP) is 7.75. The molecule has 0 bridgehead atoms. The van der Waals surface area contributed by atoms with Gasteiger partial charge in [-0.1, -0.05) is 45.2 Å². The zero-order valence-electron chi connectivity index (χ0n) is 17.3. The number of hydrogen-bond donors (Lipinski definition) is 0. The van der Waals surface area contributed by atoms with E-state index in [0.29, 0.717) is 41.2 Å². The number of aryl methyl sites for hydroxylation is 1. The van der Waals surface area contributed by atoms with Crippen molar-refractivity contribution in [3.8, 4) is 22.3 Å². The predicted molar refractivity (Wildman–Crippen MR) is 110 cm³/mol. The Bertz CT molecular complexity index is 898. The lowest BCUT2D eigenvalue weighted by Gasteiger charge is -2.32. The van der Waals surface area contributed by atoms with Crippen molar-refractivity contribution < 1.29 is 17.9 Å². The molecule has 0 N–H and O–H groups in total. The number of ether oxygens (including phenoxy) is 1. The van der Waals surface area contributed by atoms with Gasteiger partial charge in [-0.25, -0.2) is 13.2 Å². The van der Waals surface area contributed by atoms with E-state index in [0.717, 1.165) is 44.9 Å². The van der Waals surface area contributed by atoms with Crippen LogP contribution < -0.4 is 0 Å². The number of fused-ring (bicyclic) bond motifs is 4. The summed E-state index contributed by atoms with van der Waals surface area (Å²) in [6, 6.07) is 5.31. The third kappa shape index (κ3) is 3.61. The molecule has 0 spiro atoms. The van der Waals surface area contributed by atoms with Crippen LogP contribution in [-0.4, -0.2) is 6.61 Å². The first kappa shape index (κ1) is 20.5. The zero-order chi connectivity index (χ0) is 20.5. The molecular weight excluding hydrogens is 373 g/mol. The van der Waals surface area contributed by atoms with Crippen molar-refractivity contribution in [2.24, 2.45) is 5.92 Å². The summed E-state index contributed by atoms with van der Waals surface area (Å²) in [5.74, 6) is -1.66. The Morgan fingerprint density at radius 1 is 0.897 bits per heavy atom. The SMILES string of the molecule is CCCCCc1cc2c(c(F)c1F)-c1c-2ccc(C2CCC(CCC)CO2)c1F. The van der Waals surface area contributed by atoms with E-state index in [2.05, 4.69) is 13.8 Å². The highest BCUT2D eigenvalue weighted by molar-refractivity contribution is 6.03. The standard InChI is InChI=1S/C25H29F3O/c1-3-5-6-8-16-13-19-17-10-11-18(20-12-9-15(7-4-2)14-29-20)24(27)21(17)22(19)25(28)23(16)26/h10-11,13,15,20H,3-9,12,14H2,1-2H3. The van der Waals surface area contributed by atoms with Gasteiger partial charge in [0, 0.05) is 16.7 Å². The average Bonchev–Trinajstić information content (AvgIpc) is 2.71. The highest BCUT2D eigenvalue weighted by atomic mass is 19.2. The maximum atomic E-state index is 15.3. The van der Waals surface area contributed by atoms with Gasteiger partial charge in [0.1, 0.15) is 5.82 Å². The molecule has 1 aliphatic heterocycles. The van der Waals surface area contributed by atoms with Crippen LogP contribution >= 0.6 is 0 Å². The lowest BCUT2D eigenvalue weighted by molar-refractivity contribution is -0.0211.